The van der Waals surface area contributed by atoms with E-state index in [1.165, 1.54) is 0 Å². The predicted octanol–water partition coefficient (Wildman–Crippen LogP) is 0.928. The predicted molar refractivity (Wildman–Crippen MR) is 61.7 cm³/mol. The molecule has 0 spiro atoms. The van der Waals surface area contributed by atoms with Gasteiger partial charge in [0.1, 0.15) is 6.10 Å². The van der Waals surface area contributed by atoms with E-state index < -0.39 is 0 Å². The van der Waals surface area contributed by atoms with Crippen LogP contribution >= 0.6 is 0 Å². The first-order valence-corrected chi connectivity index (χ1v) is 6.31. The summed E-state index contributed by atoms with van der Waals surface area (Å²) in [6.45, 7) is 0.546. The van der Waals surface area contributed by atoms with Crippen LogP contribution in [-0.2, 0) is 9.53 Å². The zero-order valence-corrected chi connectivity index (χ0v) is 9.78. The summed E-state index contributed by atoms with van der Waals surface area (Å²) in [5, 5.41) is 0. The maximum Gasteiger partial charge on any atom is 0.306 e. The molecule has 0 aromatic carbocycles. The van der Waals surface area contributed by atoms with E-state index in [-0.39, 0.29) is 17.6 Å². The molecular weight excluding hydrogens is 204 g/mol. The van der Waals surface area contributed by atoms with E-state index in [4.69, 9.17) is 16.2 Å². The Hall–Kier alpha value is -0.610. The fourth-order valence-electron chi connectivity index (χ4n) is 2.97. The smallest absolute Gasteiger partial charge is 0.306 e. The molecule has 0 aromatic heterocycles. The van der Waals surface area contributed by atoms with Gasteiger partial charge in [-0.25, -0.2) is 0 Å². The molecule has 0 heterocycles. The first kappa shape index (κ1) is 11.9. The lowest BCUT2D eigenvalue weighted by molar-refractivity contribution is -0.158. The van der Waals surface area contributed by atoms with Crippen LogP contribution in [0.3, 0.4) is 0 Å². The highest BCUT2D eigenvalue weighted by molar-refractivity contribution is 5.69. The first-order chi connectivity index (χ1) is 7.63. The average Bonchev–Trinajstić information content (AvgIpc) is 2.26. The van der Waals surface area contributed by atoms with Gasteiger partial charge in [0.25, 0.3) is 0 Å². The van der Waals surface area contributed by atoms with Gasteiger partial charge < -0.3 is 16.2 Å². The standard InChI is InChI=1S/C12H22N2O2/c13-7-1-2-11(15)16-10-8-12(14)5-3-9(10)4-6-12/h9-10H,1-8,13-14H2. The van der Waals surface area contributed by atoms with E-state index in [2.05, 4.69) is 0 Å². The molecule has 0 aliphatic heterocycles. The van der Waals surface area contributed by atoms with Crippen molar-refractivity contribution in [1.29, 1.82) is 0 Å². The van der Waals surface area contributed by atoms with Crippen molar-refractivity contribution >= 4 is 5.97 Å². The van der Waals surface area contributed by atoms with Gasteiger partial charge in [-0.05, 0) is 44.6 Å². The lowest BCUT2D eigenvalue weighted by atomic mass is 9.65. The van der Waals surface area contributed by atoms with E-state index in [1.807, 2.05) is 0 Å². The molecule has 0 amide bonds. The van der Waals surface area contributed by atoms with E-state index >= 15 is 0 Å². The van der Waals surface area contributed by atoms with Gasteiger partial charge in [-0.1, -0.05) is 0 Å². The van der Waals surface area contributed by atoms with Crippen LogP contribution < -0.4 is 11.5 Å². The summed E-state index contributed by atoms with van der Waals surface area (Å²) in [4.78, 5) is 11.5. The third kappa shape index (κ3) is 2.55. The molecular formula is C12H22N2O2. The molecule has 1 unspecified atom stereocenters. The van der Waals surface area contributed by atoms with E-state index in [0.29, 0.717) is 25.3 Å². The van der Waals surface area contributed by atoms with Crippen LogP contribution in [0.4, 0.5) is 0 Å². The maximum atomic E-state index is 11.5. The van der Waals surface area contributed by atoms with Crippen LogP contribution in [0.2, 0.25) is 0 Å². The Morgan fingerprint density at radius 3 is 2.62 bits per heavy atom. The van der Waals surface area contributed by atoms with Gasteiger partial charge >= 0.3 is 5.97 Å². The Kier molecular flexibility index (Phi) is 3.50. The average molecular weight is 226 g/mol. The van der Waals surface area contributed by atoms with Crippen molar-refractivity contribution in [3.63, 3.8) is 0 Å². The second kappa shape index (κ2) is 4.72. The minimum Gasteiger partial charge on any atom is -0.462 e. The van der Waals surface area contributed by atoms with Crippen LogP contribution in [0.5, 0.6) is 0 Å². The van der Waals surface area contributed by atoms with Gasteiger partial charge in [-0.15, -0.1) is 0 Å². The second-order valence-electron chi connectivity index (χ2n) is 5.32. The van der Waals surface area contributed by atoms with Crippen LogP contribution in [0.15, 0.2) is 0 Å². The molecule has 0 aromatic rings. The van der Waals surface area contributed by atoms with E-state index in [1.54, 1.807) is 0 Å². The molecule has 3 rings (SSSR count). The molecule has 0 radical (unpaired) electrons. The summed E-state index contributed by atoms with van der Waals surface area (Å²) in [5.41, 5.74) is 11.6. The van der Waals surface area contributed by atoms with Crippen LogP contribution in [0, 0.1) is 5.92 Å². The Morgan fingerprint density at radius 1 is 1.38 bits per heavy atom. The lowest BCUT2D eigenvalue weighted by Gasteiger charge is -2.48. The minimum atomic E-state index is -0.105. The summed E-state index contributed by atoms with van der Waals surface area (Å²) < 4.78 is 5.52. The fourth-order valence-corrected chi connectivity index (χ4v) is 2.97. The molecule has 4 N–H and O–H groups in total. The summed E-state index contributed by atoms with van der Waals surface area (Å²) in [6.07, 6.45) is 6.49. The number of fused-ring (bicyclic) bond motifs is 3. The number of nitrogens with two attached hydrogens (primary N) is 2. The monoisotopic (exact) mass is 226 g/mol. The topological polar surface area (TPSA) is 78.3 Å². The van der Waals surface area contributed by atoms with Gasteiger partial charge in [0.15, 0.2) is 0 Å². The zero-order chi connectivity index (χ0) is 11.6. The number of hydrogen-bond acceptors (Lipinski definition) is 4. The SMILES string of the molecule is NCCCC(=O)OC1CC2(N)CCC1CC2. The molecule has 3 saturated carbocycles. The van der Waals surface area contributed by atoms with Crippen molar-refractivity contribution in [3.05, 3.63) is 0 Å². The van der Waals surface area contributed by atoms with E-state index in [0.717, 1.165) is 32.1 Å². The Labute approximate surface area is 96.7 Å². The normalized spacial score (nSPS) is 37.4. The molecule has 3 fully saturated rings. The van der Waals surface area contributed by atoms with E-state index in [9.17, 15) is 4.79 Å². The quantitative estimate of drug-likeness (QED) is 0.699. The number of hydrogen-bond donors (Lipinski definition) is 2. The summed E-state index contributed by atoms with van der Waals surface area (Å²) in [5.74, 6) is 0.443. The highest BCUT2D eigenvalue weighted by atomic mass is 16.5. The van der Waals surface area contributed by atoms with Crippen molar-refractivity contribution in [2.24, 2.45) is 17.4 Å². The number of ether oxygens (including phenoxy) is 1. The number of carbonyl (C=O) groups excluding carboxylic acids is 1. The molecule has 92 valence electrons. The Bertz CT molecular complexity index is 260. The molecule has 1 atom stereocenters. The molecule has 16 heavy (non-hydrogen) atoms. The molecule has 0 saturated heterocycles. The molecule has 4 nitrogen and oxygen atoms in total. The van der Waals surface area contributed by atoms with Crippen molar-refractivity contribution in [2.75, 3.05) is 6.54 Å². The fraction of sp³-hybridized carbons (Fsp3) is 0.917. The highest BCUT2D eigenvalue weighted by Crippen LogP contribution is 2.44. The van der Waals surface area contributed by atoms with Crippen molar-refractivity contribution in [1.82, 2.24) is 0 Å². The number of rotatable bonds is 4. The second-order valence-corrected chi connectivity index (χ2v) is 5.32. The third-order valence-electron chi connectivity index (χ3n) is 4.03. The van der Waals surface area contributed by atoms with Crippen molar-refractivity contribution in [2.45, 2.75) is 56.6 Å². The maximum absolute atomic E-state index is 11.5. The van der Waals surface area contributed by atoms with Crippen molar-refractivity contribution < 1.29 is 9.53 Å². The van der Waals surface area contributed by atoms with Gasteiger partial charge in [-0.2, -0.15) is 0 Å². The van der Waals surface area contributed by atoms with Gasteiger partial charge in [0.2, 0.25) is 0 Å². The largest absolute Gasteiger partial charge is 0.462 e. The first-order valence-electron chi connectivity index (χ1n) is 6.31. The zero-order valence-electron chi connectivity index (χ0n) is 9.78. The minimum absolute atomic E-state index is 0.0619. The van der Waals surface area contributed by atoms with Gasteiger partial charge in [0.05, 0.1) is 0 Å². The van der Waals surface area contributed by atoms with Crippen molar-refractivity contribution in [3.8, 4) is 0 Å². The molecule has 2 bridgehead atoms. The summed E-state index contributed by atoms with van der Waals surface area (Å²) >= 11 is 0. The highest BCUT2D eigenvalue weighted by Gasteiger charge is 2.44. The van der Waals surface area contributed by atoms with Crippen LogP contribution in [0.1, 0.15) is 44.9 Å². The number of esters is 1. The Morgan fingerprint density at radius 2 is 2.06 bits per heavy atom. The molecule has 4 heteroatoms. The Balaban J connectivity index is 1.84. The van der Waals surface area contributed by atoms with Crippen LogP contribution in [0.25, 0.3) is 0 Å². The van der Waals surface area contributed by atoms with Gasteiger partial charge in [-0.3, -0.25) is 4.79 Å². The summed E-state index contributed by atoms with van der Waals surface area (Å²) in [7, 11) is 0. The van der Waals surface area contributed by atoms with Crippen LogP contribution in [-0.4, -0.2) is 24.2 Å². The lowest BCUT2D eigenvalue weighted by Crippen LogP contribution is -2.54. The summed E-state index contributed by atoms with van der Waals surface area (Å²) in [6, 6.07) is 0. The third-order valence-corrected chi connectivity index (χ3v) is 4.03. The van der Waals surface area contributed by atoms with Gasteiger partial charge in [0, 0.05) is 18.4 Å². The number of carbonyl (C=O) groups is 1. The molecule has 3 aliphatic rings. The molecule has 3 aliphatic carbocycles.